The molecule has 1 amide bonds. The molecule has 0 radical (unpaired) electrons. The maximum Gasteiger partial charge on any atom is 0.254 e. The number of amides is 1. The van der Waals surface area contributed by atoms with Gasteiger partial charge in [0.05, 0.1) is 11.7 Å². The lowest BCUT2D eigenvalue weighted by Crippen LogP contribution is -2.36. The number of hydrazine groups is 1. The van der Waals surface area contributed by atoms with Crippen molar-refractivity contribution >= 4 is 24.0 Å². The second kappa shape index (κ2) is 6.87. The minimum atomic E-state index is -0.599. The van der Waals surface area contributed by atoms with Gasteiger partial charge in [-0.2, -0.15) is 10.1 Å². The second-order valence-electron chi connectivity index (χ2n) is 6.16. The third kappa shape index (κ3) is 3.65. The minimum Gasteiger partial charge on any atom is -0.393 e. The van der Waals surface area contributed by atoms with Gasteiger partial charge >= 0.3 is 0 Å². The van der Waals surface area contributed by atoms with Gasteiger partial charge in [0.25, 0.3) is 5.91 Å². The van der Waals surface area contributed by atoms with Crippen molar-refractivity contribution in [3.05, 3.63) is 11.8 Å². The molecular formula is C14H22N8O2. The number of hydrogen-bond acceptors (Lipinski definition) is 9. The molecule has 1 aliphatic carbocycles. The van der Waals surface area contributed by atoms with Gasteiger partial charge in [-0.3, -0.25) is 20.7 Å². The van der Waals surface area contributed by atoms with Gasteiger partial charge in [-0.1, -0.05) is 6.92 Å². The molecule has 3 atom stereocenters. The zero-order chi connectivity index (χ0) is 17.1. The average molecular weight is 334 g/mol. The van der Waals surface area contributed by atoms with E-state index in [0.29, 0.717) is 24.9 Å². The van der Waals surface area contributed by atoms with E-state index in [-0.39, 0.29) is 23.6 Å². The molecule has 0 aromatic carbocycles. The molecule has 1 aromatic rings. The molecule has 10 heteroatoms. The fourth-order valence-electron chi connectivity index (χ4n) is 2.81. The first-order valence-electron chi connectivity index (χ1n) is 7.93. The summed E-state index contributed by atoms with van der Waals surface area (Å²) >= 11 is 0. The van der Waals surface area contributed by atoms with Crippen LogP contribution in [0.15, 0.2) is 11.3 Å². The molecule has 1 fully saturated rings. The van der Waals surface area contributed by atoms with E-state index in [1.807, 2.05) is 6.92 Å². The lowest BCUT2D eigenvalue weighted by molar-refractivity contribution is 0.0739. The van der Waals surface area contributed by atoms with Crippen LogP contribution in [0, 0.1) is 5.92 Å². The summed E-state index contributed by atoms with van der Waals surface area (Å²) in [6.07, 6.45) is 5.01. The molecule has 130 valence electrons. The number of nitrogens with one attached hydrogen (secondary N) is 3. The number of carbonyl (C=O) groups excluding carboxylic acids is 1. The van der Waals surface area contributed by atoms with E-state index >= 15 is 0 Å². The van der Waals surface area contributed by atoms with E-state index in [4.69, 9.17) is 5.73 Å². The summed E-state index contributed by atoms with van der Waals surface area (Å²) in [5.74, 6) is 0.375. The summed E-state index contributed by atoms with van der Waals surface area (Å²) in [5, 5.41) is 18.8. The number of carbonyl (C=O) groups is 1. The minimum absolute atomic E-state index is 0.0343. The number of aromatic nitrogens is 2. The van der Waals surface area contributed by atoms with Crippen LogP contribution >= 0.6 is 0 Å². The SMILES string of the molecule is C[C@@H]1CC[C@@H](Nc2nc(NN3C=NNC3)ncc2C(N)=O)C[C@H]1O. The Bertz CT molecular complexity index is 637. The maximum absolute atomic E-state index is 11.6. The van der Waals surface area contributed by atoms with Gasteiger partial charge in [0, 0.05) is 12.2 Å². The fraction of sp³-hybridized carbons (Fsp3) is 0.571. The lowest BCUT2D eigenvalue weighted by Gasteiger charge is -2.32. The third-order valence-corrected chi connectivity index (χ3v) is 4.32. The van der Waals surface area contributed by atoms with Crippen molar-refractivity contribution in [1.29, 1.82) is 0 Å². The van der Waals surface area contributed by atoms with Crippen LogP contribution in [0.1, 0.15) is 36.5 Å². The zero-order valence-corrected chi connectivity index (χ0v) is 13.4. The van der Waals surface area contributed by atoms with Crippen LogP contribution in [0.3, 0.4) is 0 Å². The van der Waals surface area contributed by atoms with Crippen molar-refractivity contribution in [3.8, 4) is 0 Å². The Morgan fingerprint density at radius 2 is 2.33 bits per heavy atom. The molecule has 0 spiro atoms. The van der Waals surface area contributed by atoms with Crippen LogP contribution in [0.5, 0.6) is 0 Å². The van der Waals surface area contributed by atoms with Gasteiger partial charge in [0.2, 0.25) is 5.95 Å². The molecule has 10 nitrogen and oxygen atoms in total. The first-order valence-corrected chi connectivity index (χ1v) is 7.93. The Kier molecular flexibility index (Phi) is 4.65. The summed E-state index contributed by atoms with van der Waals surface area (Å²) in [5.41, 5.74) is 11.4. The number of rotatable bonds is 5. The average Bonchev–Trinajstić information content (AvgIpc) is 3.04. The molecule has 1 aliphatic heterocycles. The fourth-order valence-corrected chi connectivity index (χ4v) is 2.81. The van der Waals surface area contributed by atoms with Gasteiger partial charge in [0.15, 0.2) is 0 Å². The second-order valence-corrected chi connectivity index (χ2v) is 6.16. The Morgan fingerprint density at radius 1 is 1.50 bits per heavy atom. The van der Waals surface area contributed by atoms with E-state index in [2.05, 4.69) is 31.2 Å². The van der Waals surface area contributed by atoms with Crippen molar-refractivity contribution in [1.82, 2.24) is 20.4 Å². The Hall–Kier alpha value is -2.62. The zero-order valence-electron chi connectivity index (χ0n) is 13.4. The number of hydrazone groups is 1. The number of nitrogens with two attached hydrogens (primary N) is 1. The van der Waals surface area contributed by atoms with Gasteiger partial charge in [-0.05, 0) is 25.2 Å². The predicted octanol–water partition coefficient (Wildman–Crippen LogP) is -0.330. The van der Waals surface area contributed by atoms with Gasteiger partial charge in [0.1, 0.15) is 18.8 Å². The Morgan fingerprint density at radius 3 is 3.00 bits per heavy atom. The van der Waals surface area contributed by atoms with Crippen LogP contribution in [0.25, 0.3) is 0 Å². The van der Waals surface area contributed by atoms with E-state index in [1.165, 1.54) is 6.20 Å². The van der Waals surface area contributed by atoms with Gasteiger partial charge < -0.3 is 16.2 Å². The molecule has 0 unspecified atom stereocenters. The topological polar surface area (TPSA) is 141 Å². The highest BCUT2D eigenvalue weighted by atomic mass is 16.3. The third-order valence-electron chi connectivity index (χ3n) is 4.32. The van der Waals surface area contributed by atoms with Crippen LogP contribution < -0.4 is 21.9 Å². The first kappa shape index (κ1) is 16.2. The number of anilines is 2. The van der Waals surface area contributed by atoms with Crippen molar-refractivity contribution in [3.63, 3.8) is 0 Å². The first-order chi connectivity index (χ1) is 11.5. The van der Waals surface area contributed by atoms with Crippen molar-refractivity contribution in [2.75, 3.05) is 17.4 Å². The Labute approximate surface area is 139 Å². The molecule has 24 heavy (non-hydrogen) atoms. The maximum atomic E-state index is 11.6. The number of hydrogen-bond donors (Lipinski definition) is 5. The monoisotopic (exact) mass is 334 g/mol. The van der Waals surface area contributed by atoms with Crippen molar-refractivity contribution in [2.24, 2.45) is 16.8 Å². The van der Waals surface area contributed by atoms with E-state index in [1.54, 1.807) is 11.3 Å². The highest BCUT2D eigenvalue weighted by molar-refractivity contribution is 5.97. The van der Waals surface area contributed by atoms with E-state index < -0.39 is 5.91 Å². The molecule has 2 aliphatic rings. The predicted molar refractivity (Wildman–Crippen MR) is 88.9 cm³/mol. The normalized spacial score (nSPS) is 26.1. The van der Waals surface area contributed by atoms with Gasteiger partial charge in [-0.15, -0.1) is 0 Å². The summed E-state index contributed by atoms with van der Waals surface area (Å²) < 4.78 is 0. The van der Waals surface area contributed by atoms with Crippen LogP contribution in [0.2, 0.25) is 0 Å². The molecule has 3 rings (SSSR count). The highest BCUT2D eigenvalue weighted by Crippen LogP contribution is 2.27. The van der Waals surface area contributed by atoms with E-state index in [0.717, 1.165) is 12.8 Å². The molecule has 0 bridgehead atoms. The number of primary amides is 1. The van der Waals surface area contributed by atoms with Crippen LogP contribution in [0.4, 0.5) is 11.8 Å². The summed E-state index contributed by atoms with van der Waals surface area (Å²) in [6.45, 7) is 2.52. The largest absolute Gasteiger partial charge is 0.393 e. The van der Waals surface area contributed by atoms with Crippen molar-refractivity contribution in [2.45, 2.75) is 38.3 Å². The molecule has 1 aromatic heterocycles. The summed E-state index contributed by atoms with van der Waals surface area (Å²) in [6, 6.07) is 0.0343. The van der Waals surface area contributed by atoms with Crippen molar-refractivity contribution < 1.29 is 9.90 Å². The molecular weight excluding hydrogens is 312 g/mol. The van der Waals surface area contributed by atoms with Crippen LogP contribution in [-0.2, 0) is 0 Å². The molecule has 0 saturated heterocycles. The molecule has 6 N–H and O–H groups in total. The lowest BCUT2D eigenvalue weighted by atomic mass is 9.85. The number of aliphatic hydroxyl groups is 1. The quantitative estimate of drug-likeness (QED) is 0.493. The number of aliphatic hydroxyl groups excluding tert-OH is 1. The summed E-state index contributed by atoms with van der Waals surface area (Å²) in [4.78, 5) is 20.1. The van der Waals surface area contributed by atoms with Crippen LogP contribution in [-0.4, -0.2) is 51.1 Å². The summed E-state index contributed by atoms with van der Waals surface area (Å²) in [7, 11) is 0. The molecule has 1 saturated carbocycles. The smallest absolute Gasteiger partial charge is 0.254 e. The van der Waals surface area contributed by atoms with Gasteiger partial charge in [-0.25, -0.2) is 4.98 Å². The molecule has 2 heterocycles. The van der Waals surface area contributed by atoms with E-state index in [9.17, 15) is 9.90 Å². The number of nitrogens with zero attached hydrogens (tertiary/aromatic N) is 4. The standard InChI is InChI=1S/C14H22N8O2/c1-8-2-3-9(4-11(8)23)19-13-10(12(15)24)5-16-14(20-13)21-22-6-17-18-7-22/h5-6,8-9,11,18,23H,2-4,7H2,1H3,(H2,15,24)(H2,16,19,20,21)/t8-,9-,11-/m1/s1. The Balaban J connectivity index is 1.75. The highest BCUT2D eigenvalue weighted by Gasteiger charge is 2.27.